The van der Waals surface area contributed by atoms with Crippen LogP contribution in [0, 0.1) is 5.92 Å². The molecule has 5 rings (SSSR count). The van der Waals surface area contributed by atoms with Crippen molar-refractivity contribution in [3.8, 4) is 5.75 Å². The van der Waals surface area contributed by atoms with Crippen LogP contribution in [0.25, 0.3) is 0 Å². The van der Waals surface area contributed by atoms with Crippen LogP contribution < -0.4 is 4.74 Å². The average Bonchev–Trinajstić information content (AvgIpc) is 3.29. The molecule has 0 unspecified atom stereocenters. The molecular formula is C39H46Cl2N4O4. The average molecular weight is 706 g/mol. The maximum atomic E-state index is 15.1. The summed E-state index contributed by atoms with van der Waals surface area (Å²) in [4.78, 5) is 51.4. The molecule has 1 fully saturated rings. The summed E-state index contributed by atoms with van der Waals surface area (Å²) in [6, 6.07) is 20.6. The summed E-state index contributed by atoms with van der Waals surface area (Å²) in [6.45, 7) is 16.8. The zero-order valence-electron chi connectivity index (χ0n) is 29.6. The van der Waals surface area contributed by atoms with Gasteiger partial charge in [-0.25, -0.2) is 4.79 Å². The van der Waals surface area contributed by atoms with Crippen LogP contribution in [-0.4, -0.2) is 71.0 Å². The summed E-state index contributed by atoms with van der Waals surface area (Å²) in [5, 5.41) is 1.14. The number of hydrogen-bond acceptors (Lipinski definition) is 5. The number of rotatable bonds is 8. The van der Waals surface area contributed by atoms with E-state index in [-0.39, 0.29) is 55.2 Å². The number of carbonyl (C=O) groups excluding carboxylic acids is 3. The first-order chi connectivity index (χ1) is 23.0. The van der Waals surface area contributed by atoms with Crippen LogP contribution in [0.2, 0.25) is 10.0 Å². The zero-order valence-corrected chi connectivity index (χ0v) is 31.2. The number of benzene rings is 3. The number of carbonyl (C=O) groups is 3. The molecule has 0 aliphatic carbocycles. The number of Topliss-reactive ketones (excluding diaryl/α,β-unsaturated/α-hetero) is 1. The van der Waals surface area contributed by atoms with Crippen molar-refractivity contribution in [1.82, 2.24) is 14.7 Å². The second kappa shape index (κ2) is 13.8. The lowest BCUT2D eigenvalue weighted by Crippen LogP contribution is -2.62. The normalized spacial score (nSPS) is 21.3. The van der Waals surface area contributed by atoms with Gasteiger partial charge < -0.3 is 14.5 Å². The monoisotopic (exact) mass is 704 g/mol. The quantitative estimate of drug-likeness (QED) is 0.238. The van der Waals surface area contributed by atoms with Gasteiger partial charge in [-0.2, -0.15) is 0 Å². The zero-order chi connectivity index (χ0) is 35.9. The summed E-state index contributed by atoms with van der Waals surface area (Å²) in [7, 11) is 0. The number of amides is 3. The van der Waals surface area contributed by atoms with E-state index in [9.17, 15) is 9.59 Å². The maximum Gasteiger partial charge on any atom is 0.327 e. The van der Waals surface area contributed by atoms with Crippen molar-refractivity contribution in [2.75, 3.05) is 32.8 Å². The van der Waals surface area contributed by atoms with Crippen LogP contribution >= 0.6 is 23.2 Å². The summed E-state index contributed by atoms with van der Waals surface area (Å²) < 4.78 is 6.27. The number of amidine groups is 1. The minimum atomic E-state index is -1.11. The van der Waals surface area contributed by atoms with E-state index in [0.717, 1.165) is 16.7 Å². The van der Waals surface area contributed by atoms with Gasteiger partial charge in [0.1, 0.15) is 29.2 Å². The molecule has 2 heterocycles. The van der Waals surface area contributed by atoms with Crippen molar-refractivity contribution < 1.29 is 19.1 Å². The fourth-order valence-corrected chi connectivity index (χ4v) is 6.82. The van der Waals surface area contributed by atoms with E-state index in [1.54, 1.807) is 14.7 Å². The van der Waals surface area contributed by atoms with Crippen LogP contribution in [0.1, 0.15) is 77.6 Å². The van der Waals surface area contributed by atoms with Crippen molar-refractivity contribution in [2.24, 2.45) is 10.9 Å². The van der Waals surface area contributed by atoms with Crippen molar-refractivity contribution in [3.05, 3.63) is 99.0 Å². The van der Waals surface area contributed by atoms with Crippen LogP contribution in [0.4, 0.5) is 4.79 Å². The minimum absolute atomic E-state index is 0.0155. The first-order valence-electron chi connectivity index (χ1n) is 16.8. The van der Waals surface area contributed by atoms with Crippen LogP contribution in [0.3, 0.4) is 0 Å². The molecule has 0 bridgehead atoms. The fraction of sp³-hybridized carbons (Fsp3) is 0.436. The number of nitrogens with zero attached hydrogens (tertiary/aromatic N) is 4. The third-order valence-corrected chi connectivity index (χ3v) is 10.4. The van der Waals surface area contributed by atoms with E-state index in [0.29, 0.717) is 33.8 Å². The number of hydrogen-bond donors (Lipinski definition) is 0. The van der Waals surface area contributed by atoms with Gasteiger partial charge in [-0.05, 0) is 79.3 Å². The highest BCUT2D eigenvalue weighted by atomic mass is 35.5. The standard InChI is InChI=1S/C39H46Cl2N4O4/c1-9-49-33-22-28(37(4,5)6)14-19-31(33)35-42-38(7,26-10-15-29(40)16-11-26)39(8,27-12-17-30(41)18-13-27)45(35)36(48)44-21-20-43(34(47)24-44)23-32(46)25(2)3/h10-19,22,25H,9,20-21,23-24H2,1-8H3/t38-,39+/m0/s1. The fourth-order valence-electron chi connectivity index (χ4n) is 6.57. The molecule has 3 aromatic rings. The highest BCUT2D eigenvalue weighted by molar-refractivity contribution is 6.30. The Morgan fingerprint density at radius 3 is 2.04 bits per heavy atom. The lowest BCUT2D eigenvalue weighted by Gasteiger charge is -2.47. The smallest absolute Gasteiger partial charge is 0.327 e. The first kappa shape index (κ1) is 36.4. The van der Waals surface area contributed by atoms with E-state index in [1.807, 2.05) is 95.3 Å². The van der Waals surface area contributed by atoms with Gasteiger partial charge in [-0.15, -0.1) is 0 Å². The molecule has 260 valence electrons. The summed E-state index contributed by atoms with van der Waals surface area (Å²) in [6.07, 6.45) is 0. The van der Waals surface area contributed by atoms with Crippen LogP contribution in [0.15, 0.2) is 71.7 Å². The molecule has 10 heteroatoms. The van der Waals surface area contributed by atoms with E-state index < -0.39 is 11.1 Å². The topological polar surface area (TPSA) is 82.5 Å². The predicted octanol–water partition coefficient (Wildman–Crippen LogP) is 8.07. The molecule has 3 amide bonds. The van der Waals surface area contributed by atoms with Gasteiger partial charge in [-0.3, -0.25) is 19.5 Å². The molecule has 1 saturated heterocycles. The molecule has 0 aromatic heterocycles. The van der Waals surface area contributed by atoms with Crippen molar-refractivity contribution in [1.29, 1.82) is 0 Å². The second-order valence-electron chi connectivity index (χ2n) is 14.5. The Bertz CT molecular complexity index is 1770. The number of piperazine rings is 1. The summed E-state index contributed by atoms with van der Waals surface area (Å²) >= 11 is 12.8. The SMILES string of the molecule is CCOc1cc(C(C)(C)C)ccc1C1=N[C@@](C)(c2ccc(Cl)cc2)[C@@](C)(c2ccc(Cl)cc2)N1C(=O)N1CCN(CC(=O)C(C)C)C(=O)C1. The van der Waals surface area contributed by atoms with Crippen LogP contribution in [0.5, 0.6) is 5.75 Å². The first-order valence-corrected chi connectivity index (χ1v) is 17.6. The highest BCUT2D eigenvalue weighted by Gasteiger charge is 2.60. The predicted molar refractivity (Wildman–Crippen MR) is 196 cm³/mol. The number of halogens is 2. The van der Waals surface area contributed by atoms with Gasteiger partial charge in [0.25, 0.3) is 0 Å². The van der Waals surface area contributed by atoms with Gasteiger partial charge in [0.15, 0.2) is 5.78 Å². The molecule has 2 atom stereocenters. The van der Waals surface area contributed by atoms with Gasteiger partial charge >= 0.3 is 6.03 Å². The highest BCUT2D eigenvalue weighted by Crippen LogP contribution is 2.54. The molecule has 3 aromatic carbocycles. The van der Waals surface area contributed by atoms with Gasteiger partial charge in [0.05, 0.1) is 18.7 Å². The largest absolute Gasteiger partial charge is 0.493 e. The Kier molecular flexibility index (Phi) is 10.2. The third-order valence-electron chi connectivity index (χ3n) is 9.91. The summed E-state index contributed by atoms with van der Waals surface area (Å²) in [5.74, 6) is 0.556. The molecule has 8 nitrogen and oxygen atoms in total. The number of ether oxygens (including phenoxy) is 1. The maximum absolute atomic E-state index is 15.1. The van der Waals surface area contributed by atoms with E-state index >= 15 is 4.79 Å². The van der Waals surface area contributed by atoms with Crippen molar-refractivity contribution in [2.45, 2.75) is 71.9 Å². The third kappa shape index (κ3) is 6.82. The molecule has 2 aliphatic rings. The lowest BCUT2D eigenvalue weighted by molar-refractivity contribution is -0.139. The number of ketones is 1. The molecule has 0 saturated carbocycles. The van der Waals surface area contributed by atoms with Gasteiger partial charge in [0, 0.05) is 29.1 Å². The number of aliphatic imine (C=N–C) groups is 1. The molecule has 49 heavy (non-hydrogen) atoms. The van der Waals surface area contributed by atoms with Crippen LogP contribution in [-0.2, 0) is 26.1 Å². The Labute approximate surface area is 300 Å². The van der Waals surface area contributed by atoms with Gasteiger partial charge in [0.2, 0.25) is 5.91 Å². The lowest BCUT2D eigenvalue weighted by atomic mass is 9.71. The second-order valence-corrected chi connectivity index (χ2v) is 15.3. The molecule has 2 aliphatic heterocycles. The Morgan fingerprint density at radius 1 is 0.918 bits per heavy atom. The van der Waals surface area contributed by atoms with E-state index in [2.05, 4.69) is 26.8 Å². The molecular weight excluding hydrogens is 659 g/mol. The van der Waals surface area contributed by atoms with Crippen molar-refractivity contribution in [3.63, 3.8) is 0 Å². The van der Waals surface area contributed by atoms with Gasteiger partial charge in [-0.1, -0.05) is 88.2 Å². The Balaban J connectivity index is 1.71. The van der Waals surface area contributed by atoms with E-state index in [4.69, 9.17) is 32.9 Å². The summed E-state index contributed by atoms with van der Waals surface area (Å²) in [5.41, 5.74) is 1.10. The Hall–Kier alpha value is -3.88. The Morgan fingerprint density at radius 2 is 1.51 bits per heavy atom. The number of urea groups is 1. The molecule has 0 N–H and O–H groups in total. The minimum Gasteiger partial charge on any atom is -0.493 e. The van der Waals surface area contributed by atoms with Crippen molar-refractivity contribution >= 4 is 46.8 Å². The van der Waals surface area contributed by atoms with E-state index in [1.165, 1.54) is 0 Å². The molecule has 0 spiro atoms. The molecule has 0 radical (unpaired) electrons.